The lowest BCUT2D eigenvalue weighted by Crippen LogP contribution is -2.58. The molecule has 15 heavy (non-hydrogen) atoms. The van der Waals surface area contributed by atoms with Gasteiger partial charge in [-0.05, 0) is 38.3 Å². The summed E-state index contributed by atoms with van der Waals surface area (Å²) < 4.78 is 0. The maximum atomic E-state index is 6.02. The maximum Gasteiger partial charge on any atom is 0.0473 e. The Morgan fingerprint density at radius 2 is 2.27 bits per heavy atom. The van der Waals surface area contributed by atoms with Gasteiger partial charge in [-0.15, -0.1) is 0 Å². The van der Waals surface area contributed by atoms with Gasteiger partial charge in [-0.1, -0.05) is 13.8 Å². The van der Waals surface area contributed by atoms with Crippen LogP contribution in [0.3, 0.4) is 0 Å². The molecule has 3 heteroatoms. The first-order valence-corrected chi connectivity index (χ1v) is 6.37. The highest BCUT2D eigenvalue weighted by molar-refractivity contribution is 5.08. The van der Waals surface area contributed by atoms with Gasteiger partial charge in [0.25, 0.3) is 0 Å². The van der Waals surface area contributed by atoms with Crippen LogP contribution in [0.15, 0.2) is 0 Å². The Hall–Kier alpha value is -0.120. The van der Waals surface area contributed by atoms with E-state index in [4.69, 9.17) is 5.73 Å². The molecule has 0 aliphatic carbocycles. The van der Waals surface area contributed by atoms with Gasteiger partial charge in [-0.3, -0.25) is 4.90 Å². The van der Waals surface area contributed by atoms with Crippen molar-refractivity contribution in [3.05, 3.63) is 0 Å². The van der Waals surface area contributed by atoms with Crippen molar-refractivity contribution in [3.8, 4) is 0 Å². The maximum absolute atomic E-state index is 6.02. The third kappa shape index (κ3) is 2.05. The summed E-state index contributed by atoms with van der Waals surface area (Å²) in [5.41, 5.74) is 6.24. The molecule has 2 saturated heterocycles. The zero-order valence-electron chi connectivity index (χ0n) is 10.1. The second-order valence-corrected chi connectivity index (χ2v) is 5.58. The van der Waals surface area contributed by atoms with E-state index in [0.29, 0.717) is 12.0 Å². The summed E-state index contributed by atoms with van der Waals surface area (Å²) in [5.74, 6) is 0.712. The van der Waals surface area contributed by atoms with Crippen LogP contribution >= 0.6 is 0 Å². The van der Waals surface area contributed by atoms with E-state index in [1.165, 1.54) is 32.4 Å². The summed E-state index contributed by atoms with van der Waals surface area (Å²) in [6.07, 6.45) is 3.93. The molecule has 0 spiro atoms. The van der Waals surface area contributed by atoms with E-state index in [1.807, 2.05) is 0 Å². The van der Waals surface area contributed by atoms with Crippen molar-refractivity contribution in [3.63, 3.8) is 0 Å². The summed E-state index contributed by atoms with van der Waals surface area (Å²) in [4.78, 5) is 2.63. The minimum Gasteiger partial charge on any atom is -0.329 e. The van der Waals surface area contributed by atoms with Crippen molar-refractivity contribution >= 4 is 0 Å². The molecule has 0 bridgehead atoms. The van der Waals surface area contributed by atoms with E-state index >= 15 is 0 Å². The molecule has 2 aliphatic rings. The molecule has 2 aliphatic heterocycles. The van der Waals surface area contributed by atoms with Gasteiger partial charge < -0.3 is 11.1 Å². The summed E-state index contributed by atoms with van der Waals surface area (Å²) in [5, 5.41) is 3.75. The molecule has 2 fully saturated rings. The first kappa shape index (κ1) is 11.4. The first-order chi connectivity index (χ1) is 7.18. The third-order valence-corrected chi connectivity index (χ3v) is 4.07. The molecular formula is C12H25N3. The summed E-state index contributed by atoms with van der Waals surface area (Å²) >= 11 is 0. The van der Waals surface area contributed by atoms with Crippen LogP contribution in [0.25, 0.3) is 0 Å². The van der Waals surface area contributed by atoms with Crippen LogP contribution in [0.2, 0.25) is 0 Å². The number of hydrogen-bond donors (Lipinski definition) is 2. The minimum atomic E-state index is 0.223. The van der Waals surface area contributed by atoms with Gasteiger partial charge in [-0.25, -0.2) is 0 Å². The molecule has 88 valence electrons. The van der Waals surface area contributed by atoms with Crippen molar-refractivity contribution in [1.29, 1.82) is 0 Å². The zero-order valence-corrected chi connectivity index (χ0v) is 10.1. The van der Waals surface area contributed by atoms with E-state index in [0.717, 1.165) is 13.1 Å². The average molecular weight is 211 g/mol. The fourth-order valence-corrected chi connectivity index (χ4v) is 3.15. The van der Waals surface area contributed by atoms with E-state index in [-0.39, 0.29) is 5.54 Å². The molecule has 2 rings (SSSR count). The molecule has 0 amide bonds. The van der Waals surface area contributed by atoms with Gasteiger partial charge >= 0.3 is 0 Å². The van der Waals surface area contributed by atoms with Gasteiger partial charge in [0.15, 0.2) is 0 Å². The number of fused-ring (bicyclic) bond motifs is 1. The van der Waals surface area contributed by atoms with Crippen molar-refractivity contribution in [2.24, 2.45) is 11.7 Å². The quantitative estimate of drug-likeness (QED) is 0.722. The van der Waals surface area contributed by atoms with Gasteiger partial charge in [-0.2, -0.15) is 0 Å². The molecule has 0 aromatic carbocycles. The molecule has 2 unspecified atom stereocenters. The molecule has 3 nitrogen and oxygen atoms in total. The van der Waals surface area contributed by atoms with E-state index in [9.17, 15) is 0 Å². The second-order valence-electron chi connectivity index (χ2n) is 5.58. The van der Waals surface area contributed by atoms with Gasteiger partial charge in [0, 0.05) is 24.7 Å². The Bertz CT molecular complexity index is 217. The van der Waals surface area contributed by atoms with Crippen LogP contribution in [0, 0.1) is 5.92 Å². The zero-order chi connectivity index (χ0) is 10.9. The van der Waals surface area contributed by atoms with Crippen molar-refractivity contribution in [2.75, 3.05) is 26.2 Å². The van der Waals surface area contributed by atoms with Crippen molar-refractivity contribution < 1.29 is 0 Å². The largest absolute Gasteiger partial charge is 0.329 e. The fourth-order valence-electron chi connectivity index (χ4n) is 3.15. The highest BCUT2D eigenvalue weighted by Crippen LogP contribution is 2.35. The Morgan fingerprint density at radius 3 is 2.93 bits per heavy atom. The standard InChI is InChI=1S/C12H25N3/c1-10(2)8-14-12(9-13)5-7-15-6-3-4-11(12)15/h10-11,14H,3-9,13H2,1-2H3. The lowest BCUT2D eigenvalue weighted by Gasteiger charge is -2.36. The van der Waals surface area contributed by atoms with Gasteiger partial charge in [0.05, 0.1) is 0 Å². The summed E-state index contributed by atoms with van der Waals surface area (Å²) in [6.45, 7) is 8.95. The van der Waals surface area contributed by atoms with Crippen molar-refractivity contribution in [1.82, 2.24) is 10.2 Å². The first-order valence-electron chi connectivity index (χ1n) is 6.37. The molecule has 0 aromatic heterocycles. The van der Waals surface area contributed by atoms with Crippen LogP contribution in [0.4, 0.5) is 0 Å². The van der Waals surface area contributed by atoms with E-state index in [1.54, 1.807) is 0 Å². The highest BCUT2D eigenvalue weighted by atomic mass is 15.3. The predicted molar refractivity (Wildman–Crippen MR) is 63.8 cm³/mol. The van der Waals surface area contributed by atoms with Gasteiger partial charge in [0.2, 0.25) is 0 Å². The Balaban J connectivity index is 2.01. The third-order valence-electron chi connectivity index (χ3n) is 4.07. The Morgan fingerprint density at radius 1 is 1.47 bits per heavy atom. The van der Waals surface area contributed by atoms with E-state index < -0.39 is 0 Å². The molecular weight excluding hydrogens is 186 g/mol. The summed E-state index contributed by atoms with van der Waals surface area (Å²) in [7, 11) is 0. The smallest absolute Gasteiger partial charge is 0.0473 e. The molecule has 3 N–H and O–H groups in total. The Kier molecular flexibility index (Phi) is 3.33. The second kappa shape index (κ2) is 4.40. The van der Waals surface area contributed by atoms with Crippen LogP contribution in [0.5, 0.6) is 0 Å². The molecule has 0 aromatic rings. The molecule has 2 heterocycles. The number of nitrogens with one attached hydrogen (secondary N) is 1. The lowest BCUT2D eigenvalue weighted by atomic mass is 9.88. The minimum absolute atomic E-state index is 0.223. The van der Waals surface area contributed by atoms with Crippen LogP contribution in [-0.4, -0.2) is 42.7 Å². The van der Waals surface area contributed by atoms with E-state index in [2.05, 4.69) is 24.1 Å². The number of nitrogens with two attached hydrogens (primary N) is 1. The molecule has 0 radical (unpaired) electrons. The SMILES string of the molecule is CC(C)CNC1(CN)CCN2CCCC21. The summed E-state index contributed by atoms with van der Waals surface area (Å²) in [6, 6.07) is 0.709. The Labute approximate surface area is 93.4 Å². The highest BCUT2D eigenvalue weighted by Gasteiger charge is 2.47. The molecule has 2 atom stereocenters. The fraction of sp³-hybridized carbons (Fsp3) is 1.00. The van der Waals surface area contributed by atoms with Crippen LogP contribution in [0.1, 0.15) is 33.1 Å². The number of hydrogen-bond acceptors (Lipinski definition) is 3. The van der Waals surface area contributed by atoms with Gasteiger partial charge in [0.1, 0.15) is 0 Å². The van der Waals surface area contributed by atoms with Crippen molar-refractivity contribution in [2.45, 2.75) is 44.7 Å². The monoisotopic (exact) mass is 211 g/mol. The van der Waals surface area contributed by atoms with Crippen LogP contribution in [-0.2, 0) is 0 Å². The van der Waals surface area contributed by atoms with Crippen LogP contribution < -0.4 is 11.1 Å². The topological polar surface area (TPSA) is 41.3 Å². The normalized spacial score (nSPS) is 36.4. The predicted octanol–water partition coefficient (Wildman–Crippen LogP) is 0.798. The molecule has 0 saturated carbocycles. The number of nitrogens with zero attached hydrogens (tertiary/aromatic N) is 1. The lowest BCUT2D eigenvalue weighted by molar-refractivity contribution is 0.223. The average Bonchev–Trinajstić information content (AvgIpc) is 2.76. The number of rotatable bonds is 4.